The SMILES string of the molecule is COc1cccc(C(C(=O)NC2CCCCC2)N(Cc2ccco2)C(=O)C2COc3ccccc3O2)c1. The molecule has 2 aliphatic rings. The first-order chi connectivity index (χ1) is 18.1. The third-order valence-corrected chi connectivity index (χ3v) is 6.89. The van der Waals surface area contributed by atoms with E-state index in [4.69, 9.17) is 18.6 Å². The Bertz CT molecular complexity index is 1200. The summed E-state index contributed by atoms with van der Waals surface area (Å²) in [6.07, 6.45) is 5.83. The highest BCUT2D eigenvalue weighted by atomic mass is 16.6. The first-order valence-electron chi connectivity index (χ1n) is 12.8. The molecule has 3 aromatic rings. The topological polar surface area (TPSA) is 90.2 Å². The molecular formula is C29H32N2O6. The molecular weight excluding hydrogens is 472 g/mol. The molecule has 37 heavy (non-hydrogen) atoms. The first kappa shape index (κ1) is 24.7. The number of furan rings is 1. The Morgan fingerprint density at radius 1 is 1.03 bits per heavy atom. The van der Waals surface area contributed by atoms with E-state index in [0.717, 1.165) is 25.7 Å². The number of benzene rings is 2. The number of nitrogens with zero attached hydrogens (tertiary/aromatic N) is 1. The fourth-order valence-corrected chi connectivity index (χ4v) is 5.00. The number of hydrogen-bond donors (Lipinski definition) is 1. The van der Waals surface area contributed by atoms with Crippen molar-refractivity contribution in [2.75, 3.05) is 13.7 Å². The van der Waals surface area contributed by atoms with Crippen molar-refractivity contribution in [1.29, 1.82) is 0 Å². The number of carbonyl (C=O) groups excluding carboxylic acids is 2. The van der Waals surface area contributed by atoms with Crippen LogP contribution in [0.4, 0.5) is 0 Å². The monoisotopic (exact) mass is 504 g/mol. The number of amides is 2. The summed E-state index contributed by atoms with van der Waals surface area (Å²) in [4.78, 5) is 29.5. The van der Waals surface area contributed by atoms with Crippen LogP contribution in [0.5, 0.6) is 17.2 Å². The molecule has 1 fully saturated rings. The molecule has 1 aromatic heterocycles. The van der Waals surface area contributed by atoms with Crippen LogP contribution >= 0.6 is 0 Å². The van der Waals surface area contributed by atoms with Gasteiger partial charge in [-0.3, -0.25) is 9.59 Å². The third kappa shape index (κ3) is 5.74. The van der Waals surface area contributed by atoms with Gasteiger partial charge in [-0.15, -0.1) is 0 Å². The zero-order valence-corrected chi connectivity index (χ0v) is 20.9. The summed E-state index contributed by atoms with van der Waals surface area (Å²) in [7, 11) is 1.58. The number of methoxy groups -OCH3 is 1. The number of rotatable bonds is 8. The lowest BCUT2D eigenvalue weighted by Crippen LogP contribution is -2.52. The Kier molecular flexibility index (Phi) is 7.63. The van der Waals surface area contributed by atoms with E-state index in [9.17, 15) is 9.59 Å². The maximum Gasteiger partial charge on any atom is 0.268 e. The van der Waals surface area contributed by atoms with Gasteiger partial charge in [-0.2, -0.15) is 0 Å². The highest BCUT2D eigenvalue weighted by Crippen LogP contribution is 2.34. The van der Waals surface area contributed by atoms with Crippen molar-refractivity contribution < 1.29 is 28.2 Å². The molecule has 0 radical (unpaired) electrons. The summed E-state index contributed by atoms with van der Waals surface area (Å²) in [6.45, 7) is 0.132. The molecule has 8 nitrogen and oxygen atoms in total. The molecule has 0 saturated heterocycles. The molecule has 1 saturated carbocycles. The number of ether oxygens (including phenoxy) is 3. The second kappa shape index (κ2) is 11.4. The van der Waals surface area contributed by atoms with E-state index >= 15 is 0 Å². The van der Waals surface area contributed by atoms with Gasteiger partial charge < -0.3 is 28.8 Å². The first-order valence-corrected chi connectivity index (χ1v) is 12.8. The van der Waals surface area contributed by atoms with Crippen LogP contribution in [0, 0.1) is 0 Å². The van der Waals surface area contributed by atoms with Crippen molar-refractivity contribution in [3.8, 4) is 17.2 Å². The van der Waals surface area contributed by atoms with E-state index in [0.29, 0.717) is 28.6 Å². The minimum absolute atomic E-state index is 0.0412. The standard InChI is InChI=1S/C29H32N2O6/c1-34-22-12-7-9-20(17-22)27(28(32)30-21-10-3-2-4-11-21)31(18-23-13-8-16-35-23)29(33)26-19-36-24-14-5-6-15-25(24)37-26/h5-9,12-17,21,26-27H,2-4,10-11,18-19H2,1H3,(H,30,32). The van der Waals surface area contributed by atoms with Crippen LogP contribution in [0.15, 0.2) is 71.3 Å². The van der Waals surface area contributed by atoms with Gasteiger partial charge in [0.1, 0.15) is 24.2 Å². The van der Waals surface area contributed by atoms with Gasteiger partial charge in [0.25, 0.3) is 5.91 Å². The second-order valence-corrected chi connectivity index (χ2v) is 9.43. The normalized spacial score (nSPS) is 18.0. The molecule has 1 aliphatic carbocycles. The van der Waals surface area contributed by atoms with E-state index in [1.54, 1.807) is 43.7 Å². The Hall–Kier alpha value is -3.94. The average Bonchev–Trinajstić information content (AvgIpc) is 3.46. The highest BCUT2D eigenvalue weighted by Gasteiger charge is 2.39. The van der Waals surface area contributed by atoms with E-state index in [-0.39, 0.29) is 31.0 Å². The summed E-state index contributed by atoms with van der Waals surface area (Å²) in [5.41, 5.74) is 0.643. The molecule has 2 aromatic carbocycles. The third-order valence-electron chi connectivity index (χ3n) is 6.89. The number of carbonyl (C=O) groups is 2. The van der Waals surface area contributed by atoms with Crippen LogP contribution in [-0.2, 0) is 16.1 Å². The van der Waals surface area contributed by atoms with Crippen LogP contribution in [0.1, 0.15) is 49.5 Å². The van der Waals surface area contributed by atoms with Crippen LogP contribution in [0.2, 0.25) is 0 Å². The predicted molar refractivity (Wildman–Crippen MR) is 136 cm³/mol. The molecule has 2 heterocycles. The van der Waals surface area contributed by atoms with Gasteiger partial charge >= 0.3 is 0 Å². The Morgan fingerprint density at radius 2 is 1.84 bits per heavy atom. The molecule has 2 atom stereocenters. The fraction of sp³-hybridized carbons (Fsp3) is 0.379. The molecule has 2 amide bonds. The Morgan fingerprint density at radius 3 is 2.59 bits per heavy atom. The maximum absolute atomic E-state index is 14.1. The lowest BCUT2D eigenvalue weighted by molar-refractivity contribution is -0.149. The van der Waals surface area contributed by atoms with Gasteiger partial charge in [-0.05, 0) is 54.8 Å². The molecule has 8 heteroatoms. The van der Waals surface area contributed by atoms with Gasteiger partial charge in [-0.1, -0.05) is 43.5 Å². The van der Waals surface area contributed by atoms with Crippen molar-refractivity contribution in [1.82, 2.24) is 10.2 Å². The lowest BCUT2D eigenvalue weighted by atomic mass is 9.94. The summed E-state index contributed by atoms with van der Waals surface area (Å²) < 4.78 is 22.9. The zero-order valence-electron chi connectivity index (χ0n) is 20.9. The van der Waals surface area contributed by atoms with Crippen molar-refractivity contribution in [3.05, 3.63) is 78.3 Å². The zero-order chi connectivity index (χ0) is 25.6. The Balaban J connectivity index is 1.50. The Labute approximate surface area is 216 Å². The van der Waals surface area contributed by atoms with Gasteiger partial charge in [0.05, 0.1) is 19.9 Å². The van der Waals surface area contributed by atoms with Crippen molar-refractivity contribution in [2.24, 2.45) is 0 Å². The number of fused-ring (bicyclic) bond motifs is 1. The quantitative estimate of drug-likeness (QED) is 0.480. The average molecular weight is 505 g/mol. The van der Waals surface area contributed by atoms with Crippen LogP contribution in [0.25, 0.3) is 0 Å². The van der Waals surface area contributed by atoms with Crippen LogP contribution in [-0.4, -0.2) is 42.6 Å². The molecule has 194 valence electrons. The highest BCUT2D eigenvalue weighted by molar-refractivity contribution is 5.91. The van der Waals surface area contributed by atoms with E-state index in [2.05, 4.69) is 5.32 Å². The summed E-state index contributed by atoms with van der Waals surface area (Å²) in [5, 5.41) is 3.21. The summed E-state index contributed by atoms with van der Waals surface area (Å²) in [6, 6.07) is 17.2. The van der Waals surface area contributed by atoms with Crippen LogP contribution in [0.3, 0.4) is 0 Å². The molecule has 0 spiro atoms. The largest absolute Gasteiger partial charge is 0.497 e. The summed E-state index contributed by atoms with van der Waals surface area (Å²) >= 11 is 0. The van der Waals surface area contributed by atoms with E-state index < -0.39 is 12.1 Å². The van der Waals surface area contributed by atoms with Crippen molar-refractivity contribution in [3.63, 3.8) is 0 Å². The minimum atomic E-state index is -0.921. The van der Waals surface area contributed by atoms with Crippen molar-refractivity contribution in [2.45, 2.75) is 56.8 Å². The molecule has 1 aliphatic heterocycles. The smallest absolute Gasteiger partial charge is 0.268 e. The predicted octanol–water partition coefficient (Wildman–Crippen LogP) is 4.65. The second-order valence-electron chi connectivity index (χ2n) is 9.43. The van der Waals surface area contributed by atoms with Gasteiger partial charge in [0.2, 0.25) is 12.0 Å². The lowest BCUT2D eigenvalue weighted by Gasteiger charge is -2.36. The number of para-hydroxylation sites is 2. The minimum Gasteiger partial charge on any atom is -0.497 e. The molecule has 2 unspecified atom stereocenters. The van der Waals surface area contributed by atoms with Gasteiger partial charge in [-0.25, -0.2) is 0 Å². The summed E-state index contributed by atoms with van der Waals surface area (Å²) in [5.74, 6) is 1.64. The molecule has 5 rings (SSSR count). The van der Waals surface area contributed by atoms with Gasteiger partial charge in [0, 0.05) is 6.04 Å². The molecule has 0 bridgehead atoms. The molecule has 1 N–H and O–H groups in total. The maximum atomic E-state index is 14.1. The fourth-order valence-electron chi connectivity index (χ4n) is 5.00. The van der Waals surface area contributed by atoms with E-state index in [1.165, 1.54) is 11.3 Å². The number of hydrogen-bond acceptors (Lipinski definition) is 6. The van der Waals surface area contributed by atoms with Crippen molar-refractivity contribution >= 4 is 11.8 Å². The number of nitrogens with one attached hydrogen (secondary N) is 1. The van der Waals surface area contributed by atoms with Gasteiger partial charge in [0.15, 0.2) is 11.5 Å². The van der Waals surface area contributed by atoms with E-state index in [1.807, 2.05) is 30.3 Å². The van der Waals surface area contributed by atoms with Crippen LogP contribution < -0.4 is 19.5 Å².